The van der Waals surface area contributed by atoms with Gasteiger partial charge in [0.05, 0.1) is 0 Å². The van der Waals surface area contributed by atoms with Crippen molar-refractivity contribution < 1.29 is 4.79 Å². The maximum atomic E-state index is 11.8. The summed E-state index contributed by atoms with van der Waals surface area (Å²) in [6.45, 7) is 2.02. The number of nitrogens with two attached hydrogens (primary N) is 1. The molecule has 0 atom stereocenters. The quantitative estimate of drug-likeness (QED) is 0.823. The highest BCUT2D eigenvalue weighted by Gasteiger charge is 2.03. The molecule has 19 heavy (non-hydrogen) atoms. The largest absolute Gasteiger partial charge is 0.399 e. The molecule has 98 valence electrons. The fraction of sp³-hybridized carbons (Fsp3) is 0.188. The summed E-state index contributed by atoms with van der Waals surface area (Å²) in [5.74, 6) is 0.0284. The molecule has 0 aliphatic rings. The van der Waals surface area contributed by atoms with Crippen LogP contribution in [-0.2, 0) is 11.2 Å². The number of aryl methyl sites for hydroxylation is 2. The molecule has 0 bridgehead atoms. The molecule has 0 unspecified atom stereocenters. The predicted molar refractivity (Wildman–Crippen MR) is 79.0 cm³/mol. The van der Waals surface area contributed by atoms with Crippen molar-refractivity contribution in [3.63, 3.8) is 0 Å². The molecule has 0 saturated carbocycles. The summed E-state index contributed by atoms with van der Waals surface area (Å²) in [6.07, 6.45) is 1.19. The zero-order chi connectivity index (χ0) is 13.7. The van der Waals surface area contributed by atoms with Crippen LogP contribution >= 0.6 is 0 Å². The zero-order valence-electron chi connectivity index (χ0n) is 11.0. The van der Waals surface area contributed by atoms with Gasteiger partial charge >= 0.3 is 0 Å². The lowest BCUT2D eigenvalue weighted by Gasteiger charge is -2.06. The first-order chi connectivity index (χ1) is 9.13. The van der Waals surface area contributed by atoms with Crippen LogP contribution in [0.5, 0.6) is 0 Å². The van der Waals surface area contributed by atoms with E-state index in [0.29, 0.717) is 6.42 Å². The van der Waals surface area contributed by atoms with E-state index in [1.165, 1.54) is 5.56 Å². The highest BCUT2D eigenvalue weighted by molar-refractivity contribution is 5.90. The van der Waals surface area contributed by atoms with E-state index in [2.05, 4.69) is 5.32 Å². The van der Waals surface area contributed by atoms with Gasteiger partial charge < -0.3 is 11.1 Å². The van der Waals surface area contributed by atoms with Gasteiger partial charge in [-0.2, -0.15) is 0 Å². The second-order valence-corrected chi connectivity index (χ2v) is 4.66. The van der Waals surface area contributed by atoms with Gasteiger partial charge in [-0.25, -0.2) is 0 Å². The minimum absolute atomic E-state index is 0.0284. The van der Waals surface area contributed by atoms with Crippen LogP contribution in [0.15, 0.2) is 48.5 Å². The second-order valence-electron chi connectivity index (χ2n) is 4.66. The minimum Gasteiger partial charge on any atom is -0.399 e. The van der Waals surface area contributed by atoms with Crippen molar-refractivity contribution in [2.75, 3.05) is 11.1 Å². The Morgan fingerprint density at radius 2 is 1.68 bits per heavy atom. The average molecular weight is 254 g/mol. The van der Waals surface area contributed by atoms with Crippen molar-refractivity contribution in [1.29, 1.82) is 0 Å². The molecule has 0 heterocycles. The Balaban J connectivity index is 1.84. The zero-order valence-corrected chi connectivity index (χ0v) is 11.0. The maximum Gasteiger partial charge on any atom is 0.224 e. The number of anilines is 2. The number of nitrogens with one attached hydrogen (secondary N) is 1. The smallest absolute Gasteiger partial charge is 0.224 e. The van der Waals surface area contributed by atoms with Crippen molar-refractivity contribution in [2.45, 2.75) is 19.8 Å². The van der Waals surface area contributed by atoms with Crippen LogP contribution in [0.3, 0.4) is 0 Å². The average Bonchev–Trinajstić information content (AvgIpc) is 2.41. The molecule has 1 amide bonds. The van der Waals surface area contributed by atoms with Gasteiger partial charge in [-0.15, -0.1) is 0 Å². The van der Waals surface area contributed by atoms with Gasteiger partial charge in [0.1, 0.15) is 0 Å². The number of hydrogen-bond donors (Lipinski definition) is 2. The van der Waals surface area contributed by atoms with Crippen LogP contribution in [0.1, 0.15) is 17.5 Å². The first-order valence-corrected chi connectivity index (χ1v) is 6.34. The van der Waals surface area contributed by atoms with Gasteiger partial charge in [0.25, 0.3) is 0 Å². The number of amides is 1. The summed E-state index contributed by atoms with van der Waals surface area (Å²) >= 11 is 0. The summed E-state index contributed by atoms with van der Waals surface area (Å²) in [7, 11) is 0. The van der Waals surface area contributed by atoms with Crippen molar-refractivity contribution >= 4 is 17.3 Å². The number of carbonyl (C=O) groups is 1. The number of benzene rings is 2. The third-order valence-corrected chi connectivity index (χ3v) is 2.96. The topological polar surface area (TPSA) is 55.1 Å². The Morgan fingerprint density at radius 1 is 1.05 bits per heavy atom. The van der Waals surface area contributed by atoms with E-state index in [-0.39, 0.29) is 5.91 Å². The summed E-state index contributed by atoms with van der Waals surface area (Å²) < 4.78 is 0. The Hall–Kier alpha value is -2.29. The molecule has 0 radical (unpaired) electrons. The van der Waals surface area contributed by atoms with E-state index < -0.39 is 0 Å². The third kappa shape index (κ3) is 4.14. The molecule has 0 aromatic heterocycles. The molecule has 3 nitrogen and oxygen atoms in total. The standard InChI is InChI=1S/C16H18N2O/c1-12-2-9-15(10-3-12)18-16(19)11-6-13-4-7-14(17)8-5-13/h2-5,7-10H,6,11,17H2,1H3,(H,18,19). The fourth-order valence-electron chi connectivity index (χ4n) is 1.80. The SMILES string of the molecule is Cc1ccc(NC(=O)CCc2ccc(N)cc2)cc1. The normalized spacial score (nSPS) is 10.2. The van der Waals surface area contributed by atoms with Gasteiger partial charge in [0.2, 0.25) is 5.91 Å². The van der Waals surface area contributed by atoms with Crippen molar-refractivity contribution in [3.8, 4) is 0 Å². The molecule has 2 aromatic carbocycles. The number of carbonyl (C=O) groups excluding carboxylic acids is 1. The highest BCUT2D eigenvalue weighted by atomic mass is 16.1. The van der Waals surface area contributed by atoms with Crippen molar-refractivity contribution in [2.24, 2.45) is 0 Å². The van der Waals surface area contributed by atoms with Crippen LogP contribution in [0.4, 0.5) is 11.4 Å². The lowest BCUT2D eigenvalue weighted by molar-refractivity contribution is -0.116. The first kappa shape index (κ1) is 13.1. The fourth-order valence-corrected chi connectivity index (χ4v) is 1.80. The lowest BCUT2D eigenvalue weighted by atomic mass is 10.1. The van der Waals surface area contributed by atoms with Crippen LogP contribution in [-0.4, -0.2) is 5.91 Å². The lowest BCUT2D eigenvalue weighted by Crippen LogP contribution is -2.12. The molecule has 3 N–H and O–H groups in total. The van der Waals surface area contributed by atoms with E-state index in [0.717, 1.165) is 23.4 Å². The summed E-state index contributed by atoms with van der Waals surface area (Å²) in [5.41, 5.74) is 9.50. The predicted octanol–water partition coefficient (Wildman–Crippen LogP) is 3.15. The maximum absolute atomic E-state index is 11.8. The van der Waals surface area contributed by atoms with E-state index in [9.17, 15) is 4.79 Å². The van der Waals surface area contributed by atoms with Crippen LogP contribution in [0.25, 0.3) is 0 Å². The van der Waals surface area contributed by atoms with Gasteiger partial charge in [0.15, 0.2) is 0 Å². The van der Waals surface area contributed by atoms with E-state index in [1.807, 2.05) is 55.5 Å². The molecule has 0 saturated heterocycles. The van der Waals surface area contributed by atoms with Crippen molar-refractivity contribution in [1.82, 2.24) is 0 Å². The summed E-state index contributed by atoms with van der Waals surface area (Å²) in [4.78, 5) is 11.8. The Kier molecular flexibility index (Phi) is 4.18. The molecule has 0 aliphatic heterocycles. The number of nitrogen functional groups attached to an aromatic ring is 1. The van der Waals surface area contributed by atoms with Crippen molar-refractivity contribution in [3.05, 3.63) is 59.7 Å². The van der Waals surface area contributed by atoms with E-state index in [1.54, 1.807) is 0 Å². The Bertz CT molecular complexity index is 544. The summed E-state index contributed by atoms with van der Waals surface area (Å²) in [6, 6.07) is 15.4. The van der Waals surface area contributed by atoms with Gasteiger partial charge in [-0.1, -0.05) is 29.8 Å². The van der Waals surface area contributed by atoms with Crippen LogP contribution < -0.4 is 11.1 Å². The number of rotatable bonds is 4. The molecule has 2 aromatic rings. The van der Waals surface area contributed by atoms with Gasteiger partial charge in [-0.3, -0.25) is 4.79 Å². The molecule has 3 heteroatoms. The first-order valence-electron chi connectivity index (χ1n) is 6.34. The molecular formula is C16H18N2O. The molecular weight excluding hydrogens is 236 g/mol. The van der Waals surface area contributed by atoms with Gasteiger partial charge in [0, 0.05) is 17.8 Å². The van der Waals surface area contributed by atoms with E-state index in [4.69, 9.17) is 5.73 Å². The molecule has 0 fully saturated rings. The van der Waals surface area contributed by atoms with Crippen LogP contribution in [0, 0.1) is 6.92 Å². The molecule has 2 rings (SSSR count). The molecule has 0 spiro atoms. The Morgan fingerprint density at radius 3 is 2.32 bits per heavy atom. The molecule has 0 aliphatic carbocycles. The number of hydrogen-bond acceptors (Lipinski definition) is 2. The van der Waals surface area contributed by atoms with Gasteiger partial charge in [-0.05, 0) is 43.2 Å². The van der Waals surface area contributed by atoms with E-state index >= 15 is 0 Å². The monoisotopic (exact) mass is 254 g/mol. The highest BCUT2D eigenvalue weighted by Crippen LogP contribution is 2.11. The third-order valence-electron chi connectivity index (χ3n) is 2.96. The minimum atomic E-state index is 0.0284. The second kappa shape index (κ2) is 6.05. The summed E-state index contributed by atoms with van der Waals surface area (Å²) in [5, 5.41) is 2.89. The Labute approximate surface area is 113 Å². The van der Waals surface area contributed by atoms with Crippen LogP contribution in [0.2, 0.25) is 0 Å².